The van der Waals surface area contributed by atoms with Crippen LogP contribution in [0.5, 0.6) is 0 Å². The number of carbonyl (C=O) groups excluding carboxylic acids is 1. The summed E-state index contributed by atoms with van der Waals surface area (Å²) >= 11 is 5.90. The zero-order valence-electron chi connectivity index (χ0n) is 12.2. The fraction of sp³-hybridized carbons (Fsp3) is 0.250. The molecule has 1 aromatic heterocycles. The first kappa shape index (κ1) is 15.3. The van der Waals surface area contributed by atoms with Gasteiger partial charge in [-0.1, -0.05) is 11.6 Å². The molecule has 0 aliphatic rings. The molecule has 1 heterocycles. The molecule has 0 aliphatic heterocycles. The second kappa shape index (κ2) is 6.14. The Hall–Kier alpha value is -2.07. The number of pyridine rings is 1. The molecule has 0 bridgehead atoms. The Kier molecular flexibility index (Phi) is 4.48. The van der Waals surface area contributed by atoms with Crippen molar-refractivity contribution in [3.05, 3.63) is 53.2 Å². The number of anilines is 2. The second-order valence-corrected chi connectivity index (χ2v) is 6.00. The van der Waals surface area contributed by atoms with Crippen LogP contribution >= 0.6 is 11.6 Å². The molecule has 4 nitrogen and oxygen atoms in total. The van der Waals surface area contributed by atoms with Gasteiger partial charge in [-0.05, 0) is 57.2 Å². The van der Waals surface area contributed by atoms with Crippen molar-refractivity contribution in [3.63, 3.8) is 0 Å². The van der Waals surface area contributed by atoms with E-state index in [1.54, 1.807) is 42.6 Å². The van der Waals surface area contributed by atoms with Crippen molar-refractivity contribution < 1.29 is 9.53 Å². The van der Waals surface area contributed by atoms with Crippen LogP contribution < -0.4 is 5.32 Å². The Balaban J connectivity index is 2.07. The molecular formula is C16H17ClN2O2. The van der Waals surface area contributed by atoms with Crippen LogP contribution in [0.25, 0.3) is 0 Å². The molecule has 0 fully saturated rings. The summed E-state index contributed by atoms with van der Waals surface area (Å²) in [6.07, 6.45) is 1.62. The molecule has 2 aromatic rings. The third-order valence-electron chi connectivity index (χ3n) is 2.51. The lowest BCUT2D eigenvalue weighted by atomic mass is 10.1. The molecule has 0 spiro atoms. The van der Waals surface area contributed by atoms with Crippen molar-refractivity contribution in [1.29, 1.82) is 0 Å². The highest BCUT2D eigenvalue weighted by Gasteiger charge is 2.17. The molecule has 21 heavy (non-hydrogen) atoms. The fourth-order valence-electron chi connectivity index (χ4n) is 1.65. The van der Waals surface area contributed by atoms with Gasteiger partial charge in [0.05, 0.1) is 5.56 Å². The van der Waals surface area contributed by atoms with Gasteiger partial charge in [-0.25, -0.2) is 9.78 Å². The number of benzene rings is 1. The molecule has 1 aromatic carbocycles. The number of hydrogen-bond donors (Lipinski definition) is 1. The summed E-state index contributed by atoms with van der Waals surface area (Å²) in [6.45, 7) is 5.52. The minimum atomic E-state index is -0.501. The minimum absolute atomic E-state index is 0.338. The van der Waals surface area contributed by atoms with Gasteiger partial charge in [0.25, 0.3) is 0 Å². The maximum Gasteiger partial charge on any atom is 0.338 e. The predicted octanol–water partition coefficient (Wildman–Crippen LogP) is 4.43. The maximum atomic E-state index is 11.9. The highest BCUT2D eigenvalue weighted by Crippen LogP contribution is 2.19. The zero-order chi connectivity index (χ0) is 15.5. The molecule has 0 saturated carbocycles. The van der Waals surface area contributed by atoms with Crippen LogP contribution in [0.1, 0.15) is 31.1 Å². The van der Waals surface area contributed by atoms with E-state index in [1.807, 2.05) is 20.8 Å². The summed E-state index contributed by atoms with van der Waals surface area (Å²) in [5, 5.41) is 3.72. The summed E-state index contributed by atoms with van der Waals surface area (Å²) in [5.41, 5.74) is 0.824. The van der Waals surface area contributed by atoms with E-state index >= 15 is 0 Å². The summed E-state index contributed by atoms with van der Waals surface area (Å²) in [5.74, 6) is 0.308. The Bertz CT molecular complexity index is 633. The summed E-state index contributed by atoms with van der Waals surface area (Å²) in [7, 11) is 0. The summed E-state index contributed by atoms with van der Waals surface area (Å²) in [4.78, 5) is 16.1. The number of aromatic nitrogens is 1. The molecule has 0 atom stereocenters. The summed E-state index contributed by atoms with van der Waals surface area (Å²) < 4.78 is 5.31. The number of carbonyl (C=O) groups is 1. The second-order valence-electron chi connectivity index (χ2n) is 5.56. The number of hydrogen-bond acceptors (Lipinski definition) is 4. The van der Waals surface area contributed by atoms with Gasteiger partial charge in [0, 0.05) is 16.9 Å². The van der Waals surface area contributed by atoms with E-state index in [1.165, 1.54) is 0 Å². The van der Waals surface area contributed by atoms with Gasteiger partial charge in [0.15, 0.2) is 0 Å². The first-order chi connectivity index (χ1) is 9.83. The summed E-state index contributed by atoms with van der Waals surface area (Å²) in [6, 6.07) is 10.4. The molecule has 0 amide bonds. The van der Waals surface area contributed by atoms with Crippen LogP contribution in [0, 0.1) is 0 Å². The van der Waals surface area contributed by atoms with Crippen molar-refractivity contribution in [2.75, 3.05) is 5.32 Å². The highest BCUT2D eigenvalue weighted by atomic mass is 35.5. The molecule has 0 saturated heterocycles. The average molecular weight is 305 g/mol. The number of ether oxygens (including phenoxy) is 1. The largest absolute Gasteiger partial charge is 0.456 e. The number of nitrogens with one attached hydrogen (secondary N) is 1. The first-order valence-electron chi connectivity index (χ1n) is 6.55. The smallest absolute Gasteiger partial charge is 0.338 e. The van der Waals surface area contributed by atoms with Crippen LogP contribution in [0.15, 0.2) is 42.6 Å². The third kappa shape index (κ3) is 4.76. The number of halogens is 1. The lowest BCUT2D eigenvalue weighted by molar-refractivity contribution is 0.00696. The van der Waals surface area contributed by atoms with E-state index in [4.69, 9.17) is 16.3 Å². The van der Waals surface area contributed by atoms with Gasteiger partial charge >= 0.3 is 5.97 Å². The van der Waals surface area contributed by atoms with Gasteiger partial charge < -0.3 is 10.1 Å². The van der Waals surface area contributed by atoms with Crippen LogP contribution in [-0.4, -0.2) is 16.6 Å². The number of nitrogens with zero attached hydrogens (tertiary/aromatic N) is 1. The van der Waals surface area contributed by atoms with Gasteiger partial charge in [0.2, 0.25) is 0 Å². The molecule has 5 heteroatoms. The van der Waals surface area contributed by atoms with E-state index in [0.717, 1.165) is 5.69 Å². The lowest BCUT2D eigenvalue weighted by Crippen LogP contribution is -2.23. The normalized spacial score (nSPS) is 11.0. The monoisotopic (exact) mass is 304 g/mol. The molecule has 0 unspecified atom stereocenters. The maximum absolute atomic E-state index is 11.9. The Morgan fingerprint density at radius 1 is 1.19 bits per heavy atom. The predicted molar refractivity (Wildman–Crippen MR) is 84.1 cm³/mol. The minimum Gasteiger partial charge on any atom is -0.456 e. The Morgan fingerprint density at radius 3 is 2.43 bits per heavy atom. The van der Waals surface area contributed by atoms with Gasteiger partial charge in [-0.15, -0.1) is 0 Å². The lowest BCUT2D eigenvalue weighted by Gasteiger charge is -2.19. The first-order valence-corrected chi connectivity index (χ1v) is 6.93. The van der Waals surface area contributed by atoms with Crippen molar-refractivity contribution in [1.82, 2.24) is 4.98 Å². The van der Waals surface area contributed by atoms with Gasteiger partial charge in [-0.3, -0.25) is 0 Å². The van der Waals surface area contributed by atoms with Gasteiger partial charge in [0.1, 0.15) is 11.4 Å². The van der Waals surface area contributed by atoms with Crippen molar-refractivity contribution >= 4 is 29.1 Å². The van der Waals surface area contributed by atoms with E-state index in [-0.39, 0.29) is 5.97 Å². The van der Waals surface area contributed by atoms with E-state index in [9.17, 15) is 4.79 Å². The van der Waals surface area contributed by atoms with Crippen molar-refractivity contribution in [3.8, 4) is 0 Å². The molecule has 110 valence electrons. The Labute approximate surface area is 129 Å². The van der Waals surface area contributed by atoms with Crippen LogP contribution in [0.4, 0.5) is 11.5 Å². The topological polar surface area (TPSA) is 51.2 Å². The quantitative estimate of drug-likeness (QED) is 0.852. The van der Waals surface area contributed by atoms with E-state index in [0.29, 0.717) is 16.4 Å². The van der Waals surface area contributed by atoms with E-state index < -0.39 is 5.60 Å². The van der Waals surface area contributed by atoms with Crippen LogP contribution in [-0.2, 0) is 4.74 Å². The van der Waals surface area contributed by atoms with Crippen molar-refractivity contribution in [2.24, 2.45) is 0 Å². The molecule has 1 N–H and O–H groups in total. The Morgan fingerprint density at radius 2 is 1.86 bits per heavy atom. The van der Waals surface area contributed by atoms with Crippen LogP contribution in [0.2, 0.25) is 5.02 Å². The number of rotatable bonds is 3. The van der Waals surface area contributed by atoms with Crippen LogP contribution in [0.3, 0.4) is 0 Å². The molecule has 2 rings (SSSR count). The zero-order valence-corrected chi connectivity index (χ0v) is 12.9. The molecular weight excluding hydrogens is 288 g/mol. The van der Waals surface area contributed by atoms with Gasteiger partial charge in [-0.2, -0.15) is 0 Å². The molecule has 0 radical (unpaired) electrons. The fourth-order valence-corrected chi connectivity index (χ4v) is 1.81. The SMILES string of the molecule is CC(C)(C)OC(=O)c1ccc(Nc2cc(Cl)ccn2)cc1. The molecule has 0 aliphatic carbocycles. The van der Waals surface area contributed by atoms with E-state index in [2.05, 4.69) is 10.3 Å². The standard InChI is InChI=1S/C16H17ClN2O2/c1-16(2,3)21-15(20)11-4-6-13(7-5-11)19-14-10-12(17)8-9-18-14/h4-10H,1-3H3,(H,18,19). The average Bonchev–Trinajstić information content (AvgIpc) is 2.37. The number of esters is 1. The van der Waals surface area contributed by atoms with Crippen molar-refractivity contribution in [2.45, 2.75) is 26.4 Å². The third-order valence-corrected chi connectivity index (χ3v) is 2.75. The highest BCUT2D eigenvalue weighted by molar-refractivity contribution is 6.30.